The van der Waals surface area contributed by atoms with Crippen molar-refractivity contribution in [3.05, 3.63) is 0 Å². The second-order valence-electron chi connectivity index (χ2n) is 4.20. The van der Waals surface area contributed by atoms with E-state index in [2.05, 4.69) is 12.2 Å². The number of amides is 1. The number of rotatable bonds is 5. The number of hydrogen-bond donors (Lipinski definition) is 1. The first kappa shape index (κ1) is 18.9. The molecule has 2 N–H and O–H groups in total. The van der Waals surface area contributed by atoms with Crippen molar-refractivity contribution in [3.63, 3.8) is 0 Å². The molecule has 0 aliphatic heterocycles. The minimum atomic E-state index is -5.70. The Morgan fingerprint density at radius 2 is 1.60 bits per heavy atom. The molecule has 0 rings (SSSR count). The zero-order valence-corrected chi connectivity index (χ0v) is 11.5. The summed E-state index contributed by atoms with van der Waals surface area (Å²) in [6, 6.07) is 0. The lowest BCUT2D eigenvalue weighted by Crippen LogP contribution is -2.51. The third-order valence-corrected chi connectivity index (χ3v) is 2.98. The molecule has 0 fully saturated rings. The van der Waals surface area contributed by atoms with Crippen LogP contribution in [0.15, 0.2) is 0 Å². The van der Waals surface area contributed by atoms with E-state index >= 15 is 0 Å². The Labute approximate surface area is 117 Å². The highest BCUT2D eigenvalue weighted by Gasteiger charge is 2.61. The number of carbonyl (C=O) groups is 1. The molecule has 1 amide bonds. The van der Waals surface area contributed by atoms with Gasteiger partial charge < -0.3 is 10.6 Å². The summed E-state index contributed by atoms with van der Waals surface area (Å²) in [5.41, 5.74) is 5.24. The van der Waals surface area contributed by atoms with E-state index in [4.69, 9.17) is 5.73 Å². The molecule has 118 valence electrons. The van der Waals surface area contributed by atoms with Crippen molar-refractivity contribution in [2.24, 2.45) is 17.6 Å². The van der Waals surface area contributed by atoms with E-state index in [1.165, 1.54) is 13.8 Å². The molecule has 20 heavy (non-hydrogen) atoms. The standard InChI is InChI=1S/C10H14F6N2OS/c1-3-18(4-5(2)7(17)20)8(19)6(9(11,12)13)10(14,15)16/h5-6H,3-4H2,1-2H3,(H2,17,20). The number of nitrogens with zero attached hydrogens (tertiary/aromatic N) is 1. The van der Waals surface area contributed by atoms with Crippen molar-refractivity contribution in [2.75, 3.05) is 13.1 Å². The molecular formula is C10H14F6N2OS. The largest absolute Gasteiger partial charge is 0.409 e. The van der Waals surface area contributed by atoms with Crippen LogP contribution in [0.1, 0.15) is 13.8 Å². The number of nitrogens with two attached hydrogens (primary N) is 1. The highest BCUT2D eigenvalue weighted by atomic mass is 32.1. The van der Waals surface area contributed by atoms with Gasteiger partial charge in [0.1, 0.15) is 0 Å². The van der Waals surface area contributed by atoms with Gasteiger partial charge in [0.05, 0.1) is 4.99 Å². The Kier molecular flexibility index (Phi) is 6.25. The summed E-state index contributed by atoms with van der Waals surface area (Å²) < 4.78 is 74.6. The van der Waals surface area contributed by atoms with E-state index in [1.54, 1.807) is 0 Å². The lowest BCUT2D eigenvalue weighted by molar-refractivity contribution is -0.277. The maximum atomic E-state index is 12.4. The van der Waals surface area contributed by atoms with E-state index < -0.39 is 36.6 Å². The van der Waals surface area contributed by atoms with Crippen LogP contribution in [0.5, 0.6) is 0 Å². The van der Waals surface area contributed by atoms with Crippen LogP contribution in [0.2, 0.25) is 0 Å². The van der Waals surface area contributed by atoms with E-state index in [0.29, 0.717) is 4.90 Å². The van der Waals surface area contributed by atoms with Gasteiger partial charge in [-0.3, -0.25) is 4.79 Å². The molecule has 0 radical (unpaired) electrons. The van der Waals surface area contributed by atoms with Crippen LogP contribution in [-0.4, -0.2) is 41.2 Å². The maximum absolute atomic E-state index is 12.4. The van der Waals surface area contributed by atoms with Gasteiger partial charge in [-0.25, -0.2) is 0 Å². The average molecular weight is 324 g/mol. The Morgan fingerprint density at radius 3 is 1.85 bits per heavy atom. The van der Waals surface area contributed by atoms with Crippen LogP contribution < -0.4 is 5.73 Å². The third kappa shape index (κ3) is 5.14. The van der Waals surface area contributed by atoms with Crippen molar-refractivity contribution < 1.29 is 31.1 Å². The fourth-order valence-corrected chi connectivity index (χ4v) is 1.52. The van der Waals surface area contributed by atoms with Crippen LogP contribution in [0.25, 0.3) is 0 Å². The van der Waals surface area contributed by atoms with Gasteiger partial charge >= 0.3 is 12.4 Å². The molecule has 0 bridgehead atoms. The van der Waals surface area contributed by atoms with Gasteiger partial charge in [-0.15, -0.1) is 0 Å². The Hall–Kier alpha value is -1.06. The van der Waals surface area contributed by atoms with Crippen LogP contribution in [0.4, 0.5) is 26.3 Å². The summed E-state index contributed by atoms with van der Waals surface area (Å²) in [5.74, 6) is -6.76. The normalized spacial score (nSPS) is 14.2. The number of thiocarbonyl (C=S) groups is 1. The lowest BCUT2D eigenvalue weighted by atomic mass is 10.1. The average Bonchev–Trinajstić information content (AvgIpc) is 2.20. The number of hydrogen-bond acceptors (Lipinski definition) is 2. The zero-order chi connectivity index (χ0) is 16.3. The molecular weight excluding hydrogens is 310 g/mol. The fraction of sp³-hybridized carbons (Fsp3) is 0.800. The maximum Gasteiger partial charge on any atom is 0.409 e. The SMILES string of the molecule is CCN(CC(C)C(N)=S)C(=O)C(C(F)(F)F)C(F)(F)F. The third-order valence-electron chi connectivity index (χ3n) is 2.57. The molecule has 0 aliphatic rings. The molecule has 0 saturated carbocycles. The molecule has 0 aromatic carbocycles. The Bertz CT molecular complexity index is 354. The molecule has 3 nitrogen and oxygen atoms in total. The Balaban J connectivity index is 5.27. The molecule has 0 aliphatic carbocycles. The smallest absolute Gasteiger partial charge is 0.393 e. The predicted octanol–water partition coefficient (Wildman–Crippen LogP) is 2.50. The summed E-state index contributed by atoms with van der Waals surface area (Å²) in [4.78, 5) is 11.9. The van der Waals surface area contributed by atoms with Gasteiger partial charge in [-0.1, -0.05) is 19.1 Å². The van der Waals surface area contributed by atoms with Gasteiger partial charge in [-0.05, 0) is 6.92 Å². The summed E-state index contributed by atoms with van der Waals surface area (Å²) in [6.45, 7) is 1.98. The second kappa shape index (κ2) is 6.59. The van der Waals surface area contributed by atoms with Crippen molar-refractivity contribution in [2.45, 2.75) is 26.2 Å². The zero-order valence-electron chi connectivity index (χ0n) is 10.7. The molecule has 0 aromatic rings. The van der Waals surface area contributed by atoms with Crippen LogP contribution in [0.3, 0.4) is 0 Å². The quantitative estimate of drug-likeness (QED) is 0.624. The van der Waals surface area contributed by atoms with Gasteiger partial charge in [-0.2, -0.15) is 26.3 Å². The minimum absolute atomic E-state index is 0.0909. The van der Waals surface area contributed by atoms with Crippen molar-refractivity contribution in [3.8, 4) is 0 Å². The van der Waals surface area contributed by atoms with E-state index in [1.807, 2.05) is 0 Å². The van der Waals surface area contributed by atoms with Crippen molar-refractivity contribution >= 4 is 23.1 Å². The van der Waals surface area contributed by atoms with Gasteiger partial charge in [0.2, 0.25) is 11.8 Å². The van der Waals surface area contributed by atoms with Gasteiger partial charge in [0, 0.05) is 19.0 Å². The first-order valence-electron chi connectivity index (χ1n) is 5.53. The van der Waals surface area contributed by atoms with E-state index in [-0.39, 0.29) is 11.5 Å². The fourth-order valence-electron chi connectivity index (χ4n) is 1.44. The molecule has 10 heteroatoms. The molecule has 0 aromatic heterocycles. The minimum Gasteiger partial charge on any atom is -0.393 e. The lowest BCUT2D eigenvalue weighted by Gasteiger charge is -2.30. The topological polar surface area (TPSA) is 46.3 Å². The highest BCUT2D eigenvalue weighted by Crippen LogP contribution is 2.40. The van der Waals surface area contributed by atoms with Gasteiger partial charge in [0.25, 0.3) is 0 Å². The van der Waals surface area contributed by atoms with Gasteiger partial charge in [0.15, 0.2) is 0 Å². The molecule has 0 spiro atoms. The van der Waals surface area contributed by atoms with Crippen LogP contribution in [-0.2, 0) is 4.79 Å². The molecule has 1 atom stereocenters. The summed E-state index contributed by atoms with van der Waals surface area (Å²) in [5, 5.41) is 0. The number of halogens is 6. The molecule has 1 unspecified atom stereocenters. The molecule has 0 saturated heterocycles. The number of alkyl halides is 6. The van der Waals surface area contributed by atoms with E-state index in [9.17, 15) is 31.1 Å². The highest BCUT2D eigenvalue weighted by molar-refractivity contribution is 7.80. The summed E-state index contributed by atoms with van der Waals surface area (Å²) >= 11 is 4.58. The summed E-state index contributed by atoms with van der Waals surface area (Å²) in [6.07, 6.45) is -11.4. The van der Waals surface area contributed by atoms with Crippen LogP contribution >= 0.6 is 12.2 Å². The van der Waals surface area contributed by atoms with Crippen molar-refractivity contribution in [1.82, 2.24) is 4.90 Å². The second-order valence-corrected chi connectivity index (χ2v) is 4.67. The van der Waals surface area contributed by atoms with Crippen molar-refractivity contribution in [1.29, 1.82) is 0 Å². The van der Waals surface area contributed by atoms with E-state index in [0.717, 1.165) is 0 Å². The molecule has 0 heterocycles. The Morgan fingerprint density at radius 1 is 1.20 bits per heavy atom. The first-order valence-corrected chi connectivity index (χ1v) is 5.94. The van der Waals surface area contributed by atoms with Crippen LogP contribution in [0, 0.1) is 11.8 Å². The summed E-state index contributed by atoms with van der Waals surface area (Å²) in [7, 11) is 0. The number of carbonyl (C=O) groups excluding carboxylic acids is 1. The predicted molar refractivity (Wildman–Crippen MR) is 63.8 cm³/mol. The first-order chi connectivity index (χ1) is 8.82. The monoisotopic (exact) mass is 324 g/mol.